The molecule has 4 heterocycles. The van der Waals surface area contributed by atoms with Crippen molar-refractivity contribution in [2.24, 2.45) is 0 Å². The molecule has 13 heteroatoms. The smallest absolute Gasteiger partial charge is 0.313 e. The fourth-order valence-corrected chi connectivity index (χ4v) is 4.43. The van der Waals surface area contributed by atoms with E-state index in [0.717, 1.165) is 0 Å². The van der Waals surface area contributed by atoms with Crippen LogP contribution < -0.4 is 19.5 Å². The zero-order valence-corrected chi connectivity index (χ0v) is 22.8. The fraction of sp³-hybridized carbons (Fsp3) is 0.133. The van der Waals surface area contributed by atoms with Crippen LogP contribution in [0.3, 0.4) is 0 Å². The minimum absolute atomic E-state index is 0.154. The molecule has 1 amide bonds. The van der Waals surface area contributed by atoms with Crippen LogP contribution in [0.15, 0.2) is 80.0 Å². The molecule has 0 bridgehead atoms. The lowest BCUT2D eigenvalue weighted by molar-refractivity contribution is -0.134. The van der Waals surface area contributed by atoms with Gasteiger partial charge in [-0.05, 0) is 30.3 Å². The van der Waals surface area contributed by atoms with Gasteiger partial charge in [0.05, 0.1) is 37.1 Å². The summed E-state index contributed by atoms with van der Waals surface area (Å²) >= 11 is 0. The predicted molar refractivity (Wildman–Crippen MR) is 154 cm³/mol. The highest BCUT2D eigenvalue weighted by Gasteiger charge is 2.31. The number of halogens is 1. The van der Waals surface area contributed by atoms with E-state index in [4.69, 9.17) is 14.2 Å². The van der Waals surface area contributed by atoms with E-state index in [0.29, 0.717) is 58.3 Å². The number of hydrogen-bond acceptors (Lipinski definition) is 11. The Morgan fingerprint density at radius 2 is 1.84 bits per heavy atom. The van der Waals surface area contributed by atoms with Crippen LogP contribution in [-0.2, 0) is 4.79 Å². The summed E-state index contributed by atoms with van der Waals surface area (Å²) in [7, 11) is 1.52. The summed E-state index contributed by atoms with van der Waals surface area (Å²) in [5.41, 5.74) is 1.83. The highest BCUT2D eigenvalue weighted by atomic mass is 19.1. The summed E-state index contributed by atoms with van der Waals surface area (Å²) in [5.74, 6) is 1.23. The molecular formula is C30H24FN7O5. The number of rotatable bonds is 9. The Bertz CT molecular complexity index is 1830. The quantitative estimate of drug-likeness (QED) is 0.235. The van der Waals surface area contributed by atoms with Crippen LogP contribution in [0.25, 0.3) is 22.2 Å². The first-order valence-electron chi connectivity index (χ1n) is 13.0. The third-order valence-corrected chi connectivity index (χ3v) is 6.64. The van der Waals surface area contributed by atoms with E-state index < -0.39 is 5.82 Å². The van der Waals surface area contributed by atoms with Crippen LogP contribution in [0, 0.1) is 5.82 Å². The Morgan fingerprint density at radius 1 is 1.05 bits per heavy atom. The summed E-state index contributed by atoms with van der Waals surface area (Å²) in [6.07, 6.45) is 6.83. The Hall–Kier alpha value is -5.85. The lowest BCUT2D eigenvalue weighted by atomic mass is 10.1. The summed E-state index contributed by atoms with van der Waals surface area (Å²) in [6, 6.07) is 10.8. The molecule has 3 aromatic heterocycles. The highest BCUT2D eigenvalue weighted by molar-refractivity contribution is 5.93. The SMILES string of the molecule is C=CC(=O)N1CC(Oc2cc3c(Nc4ccc(Oc5ccnc(-c6cnc(O)nc6)c5)cc4F)ncnc3cc2OC)C1. The molecule has 0 aliphatic carbocycles. The molecule has 6 rings (SSSR count). The topological polar surface area (TPSA) is 145 Å². The first kappa shape index (κ1) is 27.3. The van der Waals surface area contributed by atoms with Crippen LogP contribution in [0.2, 0.25) is 0 Å². The third-order valence-electron chi connectivity index (χ3n) is 6.64. The summed E-state index contributed by atoms with van der Waals surface area (Å²) in [4.78, 5) is 33.8. The average molecular weight is 582 g/mol. The van der Waals surface area contributed by atoms with E-state index in [2.05, 4.69) is 36.8 Å². The van der Waals surface area contributed by atoms with Crippen molar-refractivity contribution in [1.82, 2.24) is 29.8 Å². The van der Waals surface area contributed by atoms with Crippen molar-refractivity contribution in [1.29, 1.82) is 0 Å². The number of carbonyl (C=O) groups is 1. The monoisotopic (exact) mass is 581 g/mol. The number of anilines is 2. The number of fused-ring (bicyclic) bond motifs is 1. The summed E-state index contributed by atoms with van der Waals surface area (Å²) < 4.78 is 32.7. The zero-order chi connectivity index (χ0) is 29.9. The largest absolute Gasteiger partial charge is 0.493 e. The second-order valence-corrected chi connectivity index (χ2v) is 9.45. The molecule has 0 saturated carbocycles. The molecule has 2 N–H and O–H groups in total. The van der Waals surface area contributed by atoms with Crippen LogP contribution >= 0.6 is 0 Å². The Morgan fingerprint density at radius 3 is 2.58 bits per heavy atom. The molecule has 1 aliphatic rings. The highest BCUT2D eigenvalue weighted by Crippen LogP contribution is 2.37. The second kappa shape index (κ2) is 11.6. The van der Waals surface area contributed by atoms with Gasteiger partial charge >= 0.3 is 6.01 Å². The van der Waals surface area contributed by atoms with Gasteiger partial charge in [-0.1, -0.05) is 6.58 Å². The van der Waals surface area contributed by atoms with Gasteiger partial charge in [-0.15, -0.1) is 0 Å². The molecule has 0 unspecified atom stereocenters. The normalized spacial score (nSPS) is 12.8. The number of nitrogens with one attached hydrogen (secondary N) is 1. The number of aromatic nitrogens is 5. The number of likely N-dealkylation sites (tertiary alicyclic amines) is 1. The zero-order valence-electron chi connectivity index (χ0n) is 22.8. The van der Waals surface area contributed by atoms with Crippen molar-refractivity contribution in [2.75, 3.05) is 25.5 Å². The number of benzene rings is 2. The van der Waals surface area contributed by atoms with E-state index in [1.807, 2.05) is 0 Å². The maximum Gasteiger partial charge on any atom is 0.313 e. The van der Waals surface area contributed by atoms with Crippen molar-refractivity contribution in [3.8, 4) is 40.3 Å². The summed E-state index contributed by atoms with van der Waals surface area (Å²) in [6.45, 7) is 4.35. The Labute approximate surface area is 244 Å². The number of nitrogens with zero attached hydrogens (tertiary/aromatic N) is 6. The molecule has 1 aliphatic heterocycles. The van der Waals surface area contributed by atoms with Gasteiger partial charge < -0.3 is 29.5 Å². The molecule has 2 aromatic carbocycles. The lowest BCUT2D eigenvalue weighted by Crippen LogP contribution is -2.55. The number of amides is 1. The van der Waals surface area contributed by atoms with E-state index in [-0.39, 0.29) is 29.5 Å². The second-order valence-electron chi connectivity index (χ2n) is 9.45. The van der Waals surface area contributed by atoms with E-state index >= 15 is 4.39 Å². The minimum Gasteiger partial charge on any atom is -0.493 e. The molecule has 0 spiro atoms. The van der Waals surface area contributed by atoms with Gasteiger partial charge in [0.15, 0.2) is 11.5 Å². The fourth-order valence-electron chi connectivity index (χ4n) is 4.43. The molecule has 0 atom stereocenters. The van der Waals surface area contributed by atoms with Crippen molar-refractivity contribution in [2.45, 2.75) is 6.10 Å². The van der Waals surface area contributed by atoms with Crippen molar-refractivity contribution < 1.29 is 28.5 Å². The number of methoxy groups -OCH3 is 1. The molecule has 1 fully saturated rings. The Kier molecular flexibility index (Phi) is 7.35. The van der Waals surface area contributed by atoms with Crippen LogP contribution in [0.5, 0.6) is 29.0 Å². The van der Waals surface area contributed by atoms with Gasteiger partial charge in [-0.25, -0.2) is 24.3 Å². The number of ether oxygens (including phenoxy) is 3. The Balaban J connectivity index is 1.20. The van der Waals surface area contributed by atoms with Gasteiger partial charge in [-0.3, -0.25) is 9.78 Å². The molecule has 0 radical (unpaired) electrons. The maximum absolute atomic E-state index is 15.3. The van der Waals surface area contributed by atoms with Crippen molar-refractivity contribution in [3.05, 3.63) is 85.9 Å². The molecule has 1 saturated heterocycles. The van der Waals surface area contributed by atoms with Crippen LogP contribution in [-0.4, -0.2) is 67.1 Å². The molecule has 5 aromatic rings. The number of carbonyl (C=O) groups excluding carboxylic acids is 1. The van der Waals surface area contributed by atoms with E-state index in [1.54, 1.807) is 41.4 Å². The average Bonchev–Trinajstić information content (AvgIpc) is 3.00. The first-order chi connectivity index (χ1) is 20.9. The maximum atomic E-state index is 15.3. The standard InChI is InChI=1S/C30H24FN7O5/c1-3-28(39)38-14-20(15-38)43-27-10-21-25(11-26(27)41-2)35-16-36-29(21)37-23-5-4-18(8-22(23)31)42-19-6-7-32-24(9-19)17-12-33-30(40)34-13-17/h3-13,16,20H,1,14-15H2,2H3,(H,33,34,40)(H,35,36,37). The number of aromatic hydroxyl groups is 1. The number of hydrogen-bond donors (Lipinski definition) is 2. The molecule has 12 nitrogen and oxygen atoms in total. The predicted octanol–water partition coefficient (Wildman–Crippen LogP) is 4.65. The summed E-state index contributed by atoms with van der Waals surface area (Å²) in [5, 5.41) is 12.9. The van der Waals surface area contributed by atoms with Gasteiger partial charge in [0.25, 0.3) is 0 Å². The van der Waals surface area contributed by atoms with Crippen molar-refractivity contribution >= 4 is 28.3 Å². The van der Waals surface area contributed by atoms with Crippen molar-refractivity contribution in [3.63, 3.8) is 0 Å². The van der Waals surface area contributed by atoms with Gasteiger partial charge in [-0.2, -0.15) is 0 Å². The van der Waals surface area contributed by atoms with E-state index in [1.165, 1.54) is 44.0 Å². The van der Waals surface area contributed by atoms with Crippen LogP contribution in [0.4, 0.5) is 15.9 Å². The molecular weight excluding hydrogens is 557 g/mol. The lowest BCUT2D eigenvalue weighted by Gasteiger charge is -2.38. The minimum atomic E-state index is -0.572. The van der Waals surface area contributed by atoms with Crippen LogP contribution in [0.1, 0.15) is 0 Å². The third kappa shape index (κ3) is 5.81. The number of pyridine rings is 1. The molecule has 216 valence electrons. The van der Waals surface area contributed by atoms with Gasteiger partial charge in [0.1, 0.15) is 35.6 Å². The molecule has 43 heavy (non-hydrogen) atoms. The van der Waals surface area contributed by atoms with E-state index in [9.17, 15) is 9.90 Å². The first-order valence-corrected chi connectivity index (χ1v) is 13.0. The van der Waals surface area contributed by atoms with Gasteiger partial charge in [0, 0.05) is 47.7 Å². The van der Waals surface area contributed by atoms with Gasteiger partial charge in [0.2, 0.25) is 5.91 Å².